The molecule has 0 aliphatic heterocycles. The maximum absolute atomic E-state index is 12.8. The van der Waals surface area contributed by atoms with Gasteiger partial charge in [-0.15, -0.1) is 9.90 Å². The quantitative estimate of drug-likeness (QED) is 0.227. The molecule has 2 aromatic heterocycles. The number of carbonyl (C=O) groups is 1. The summed E-state index contributed by atoms with van der Waals surface area (Å²) in [4.78, 5) is 28.6. The van der Waals surface area contributed by atoms with Crippen molar-refractivity contribution in [2.75, 3.05) is 0 Å². The first kappa shape index (κ1) is 21.1. The highest BCUT2D eigenvalue weighted by molar-refractivity contribution is 5.90. The molecule has 0 aliphatic carbocycles. The Morgan fingerprint density at radius 1 is 1.09 bits per heavy atom. The fourth-order valence-electron chi connectivity index (χ4n) is 2.73. The van der Waals surface area contributed by atoms with Crippen LogP contribution < -0.4 is 5.56 Å². The van der Waals surface area contributed by atoms with Crippen molar-refractivity contribution in [1.29, 1.82) is 5.41 Å². The van der Waals surface area contributed by atoms with Crippen LogP contribution >= 0.6 is 0 Å². The topological polar surface area (TPSA) is 169 Å². The molecule has 0 unspecified atom stereocenters. The van der Waals surface area contributed by atoms with Crippen LogP contribution in [0.5, 0.6) is 5.88 Å². The second-order valence-electron chi connectivity index (χ2n) is 6.51. The second-order valence-corrected chi connectivity index (χ2v) is 6.51. The van der Waals surface area contributed by atoms with Crippen LogP contribution in [0.25, 0.3) is 17.7 Å². The Bertz CT molecular complexity index is 1410. The molecule has 4 rings (SSSR count). The average Bonchev–Trinajstić information content (AvgIpc) is 3.31. The van der Waals surface area contributed by atoms with Gasteiger partial charge in [0.2, 0.25) is 11.8 Å². The van der Waals surface area contributed by atoms with Gasteiger partial charge in [0.1, 0.15) is 0 Å². The molecule has 0 atom stereocenters. The third-order valence-electron chi connectivity index (χ3n) is 4.32. The number of aromatic hydroxyl groups is 1. The molecule has 164 valence electrons. The van der Waals surface area contributed by atoms with E-state index in [2.05, 4.69) is 20.4 Å². The normalized spacial score (nSPS) is 10.9. The zero-order valence-corrected chi connectivity index (χ0v) is 16.7. The van der Waals surface area contributed by atoms with Crippen molar-refractivity contribution in [2.24, 2.45) is 0 Å². The van der Waals surface area contributed by atoms with E-state index in [1.54, 1.807) is 6.08 Å². The monoisotopic (exact) mass is 445 g/mol. The summed E-state index contributed by atoms with van der Waals surface area (Å²) in [5.74, 6) is -2.43. The lowest BCUT2D eigenvalue weighted by Gasteiger charge is -2.05. The number of rotatable bonds is 6. The fourth-order valence-corrected chi connectivity index (χ4v) is 2.73. The number of nitrogens with one attached hydrogen (secondary N) is 1. The third-order valence-corrected chi connectivity index (χ3v) is 4.32. The minimum atomic E-state index is -1.08. The summed E-state index contributed by atoms with van der Waals surface area (Å²) < 4.78 is 6.04. The van der Waals surface area contributed by atoms with E-state index in [9.17, 15) is 14.7 Å². The van der Waals surface area contributed by atoms with Gasteiger partial charge in [0, 0.05) is 0 Å². The zero-order valence-electron chi connectivity index (χ0n) is 16.7. The summed E-state index contributed by atoms with van der Waals surface area (Å²) in [6.07, 6.45) is 3.80. The number of tetrazole rings is 1. The molecule has 2 heterocycles. The molecule has 0 aliphatic rings. The molecule has 0 bridgehead atoms. The Morgan fingerprint density at radius 2 is 1.82 bits per heavy atom. The molecule has 0 fully saturated rings. The first-order chi connectivity index (χ1) is 15.9. The van der Waals surface area contributed by atoms with Gasteiger partial charge in [-0.2, -0.15) is 0 Å². The number of carboxylic acids is 1. The maximum atomic E-state index is 12.8. The number of aromatic carboxylic acids is 1. The summed E-state index contributed by atoms with van der Waals surface area (Å²) in [7, 11) is 0. The molecule has 3 N–H and O–H groups in total. The van der Waals surface area contributed by atoms with Crippen molar-refractivity contribution in [3.8, 4) is 17.5 Å². The van der Waals surface area contributed by atoms with E-state index in [0.29, 0.717) is 5.69 Å². The predicted octanol–water partition coefficient (Wildman–Crippen LogP) is 1.62. The lowest BCUT2D eigenvalue weighted by Crippen LogP contribution is -2.28. The van der Waals surface area contributed by atoms with E-state index in [1.807, 2.05) is 30.3 Å². The van der Waals surface area contributed by atoms with Gasteiger partial charge in [-0.25, -0.2) is 14.3 Å². The van der Waals surface area contributed by atoms with Crippen LogP contribution in [0.2, 0.25) is 0 Å². The van der Waals surface area contributed by atoms with Gasteiger partial charge in [0.15, 0.2) is 5.69 Å². The van der Waals surface area contributed by atoms with Gasteiger partial charge in [-0.3, -0.25) is 10.2 Å². The summed E-state index contributed by atoms with van der Waals surface area (Å²) in [6, 6.07) is 14.8. The number of aromatic nitrogens is 6. The standard InChI is InChI=1S/C21H15N7O5/c22-18(33-11-10-13-4-2-1-3-5-13)17-19(30)27(12-16(29)23-17)21-24-26-28(25-21)15-8-6-14(7-9-15)20(31)32/h1-12,22,29H,(H,31,32). The van der Waals surface area contributed by atoms with Crippen LogP contribution in [0.4, 0.5) is 0 Å². The van der Waals surface area contributed by atoms with Crippen molar-refractivity contribution < 1.29 is 19.7 Å². The van der Waals surface area contributed by atoms with Crippen LogP contribution in [0.3, 0.4) is 0 Å². The molecule has 0 radical (unpaired) electrons. The smallest absolute Gasteiger partial charge is 0.335 e. The van der Waals surface area contributed by atoms with Gasteiger partial charge in [0.25, 0.3) is 11.5 Å². The molecule has 33 heavy (non-hydrogen) atoms. The van der Waals surface area contributed by atoms with Crippen molar-refractivity contribution in [3.63, 3.8) is 0 Å². The van der Waals surface area contributed by atoms with E-state index in [4.69, 9.17) is 15.3 Å². The minimum Gasteiger partial charge on any atom is -0.492 e. The zero-order chi connectivity index (χ0) is 23.4. The van der Waals surface area contributed by atoms with Crippen molar-refractivity contribution in [1.82, 2.24) is 29.8 Å². The highest BCUT2D eigenvalue weighted by Gasteiger charge is 2.18. The molecule has 0 saturated carbocycles. The van der Waals surface area contributed by atoms with Gasteiger partial charge in [0.05, 0.1) is 23.7 Å². The number of benzene rings is 2. The summed E-state index contributed by atoms with van der Waals surface area (Å²) in [5, 5.41) is 38.7. The summed E-state index contributed by atoms with van der Waals surface area (Å²) >= 11 is 0. The van der Waals surface area contributed by atoms with Crippen LogP contribution in [-0.4, -0.2) is 51.8 Å². The van der Waals surface area contributed by atoms with Gasteiger partial charge >= 0.3 is 5.97 Å². The summed E-state index contributed by atoms with van der Waals surface area (Å²) in [5.41, 5.74) is 0.0246. The van der Waals surface area contributed by atoms with Crippen molar-refractivity contribution in [2.45, 2.75) is 0 Å². The number of hydrogen-bond donors (Lipinski definition) is 3. The highest BCUT2D eigenvalue weighted by Crippen LogP contribution is 2.10. The molecule has 12 nitrogen and oxygen atoms in total. The number of ether oxygens (including phenoxy) is 1. The average molecular weight is 445 g/mol. The molecular weight excluding hydrogens is 430 g/mol. The molecule has 4 aromatic rings. The fraction of sp³-hybridized carbons (Fsp3) is 0. The van der Waals surface area contributed by atoms with Crippen LogP contribution in [0.1, 0.15) is 21.6 Å². The number of hydrogen-bond acceptors (Lipinski definition) is 9. The Labute approximate surface area is 185 Å². The second kappa shape index (κ2) is 8.93. The minimum absolute atomic E-state index is 0.0823. The molecule has 0 spiro atoms. The van der Waals surface area contributed by atoms with E-state index < -0.39 is 29.0 Å². The molecule has 2 aromatic carbocycles. The Balaban J connectivity index is 1.59. The predicted molar refractivity (Wildman–Crippen MR) is 115 cm³/mol. The number of carboxylic acid groups (broad SMARTS) is 1. The largest absolute Gasteiger partial charge is 0.492 e. The van der Waals surface area contributed by atoms with E-state index >= 15 is 0 Å². The number of nitrogens with zero attached hydrogens (tertiary/aromatic N) is 6. The van der Waals surface area contributed by atoms with Gasteiger partial charge in [-0.1, -0.05) is 35.4 Å². The van der Waals surface area contributed by atoms with Crippen LogP contribution in [0.15, 0.2) is 71.9 Å². The van der Waals surface area contributed by atoms with Gasteiger partial charge < -0.3 is 14.9 Å². The first-order valence-electron chi connectivity index (χ1n) is 9.36. The van der Waals surface area contributed by atoms with E-state index in [1.165, 1.54) is 30.5 Å². The van der Waals surface area contributed by atoms with Crippen molar-refractivity contribution >= 4 is 17.9 Å². The van der Waals surface area contributed by atoms with E-state index in [0.717, 1.165) is 21.1 Å². The molecular formula is C21H15N7O5. The Hall–Kier alpha value is -5.13. The Morgan fingerprint density at radius 3 is 2.52 bits per heavy atom. The third kappa shape index (κ3) is 4.64. The van der Waals surface area contributed by atoms with Crippen molar-refractivity contribution in [3.05, 3.63) is 94.2 Å². The first-order valence-corrected chi connectivity index (χ1v) is 9.36. The Kier molecular flexibility index (Phi) is 5.72. The van der Waals surface area contributed by atoms with Gasteiger partial charge in [-0.05, 0) is 41.1 Å². The SMILES string of the molecule is N=C(OC=Cc1ccccc1)c1nc(O)cn(-c2nnn(-c3ccc(C(=O)O)cc3)n2)c1=O. The molecule has 0 saturated heterocycles. The molecule has 12 heteroatoms. The highest BCUT2D eigenvalue weighted by atomic mass is 16.5. The summed E-state index contributed by atoms with van der Waals surface area (Å²) in [6.45, 7) is 0. The molecule has 0 amide bonds. The lowest BCUT2D eigenvalue weighted by molar-refractivity contribution is 0.0697. The maximum Gasteiger partial charge on any atom is 0.335 e. The van der Waals surface area contributed by atoms with Crippen LogP contribution in [-0.2, 0) is 4.74 Å². The van der Waals surface area contributed by atoms with Crippen LogP contribution in [0, 0.1) is 5.41 Å². The lowest BCUT2D eigenvalue weighted by atomic mass is 10.2. The van der Waals surface area contributed by atoms with E-state index in [-0.39, 0.29) is 11.5 Å².